The topological polar surface area (TPSA) is 88.7 Å². The van der Waals surface area contributed by atoms with Gasteiger partial charge in [-0.05, 0) is 31.9 Å². The summed E-state index contributed by atoms with van der Waals surface area (Å²) in [4.78, 5) is 17.8. The van der Waals surface area contributed by atoms with E-state index < -0.39 is 0 Å². The summed E-state index contributed by atoms with van der Waals surface area (Å²) in [7, 11) is 0. The maximum Gasteiger partial charge on any atom is 0.255 e. The van der Waals surface area contributed by atoms with Crippen LogP contribution in [0, 0.1) is 0 Å². The number of carbonyl (C=O) groups excluding carboxylic acids is 1. The van der Waals surface area contributed by atoms with Gasteiger partial charge in [-0.1, -0.05) is 0 Å². The SMILES string of the molecule is NCCCOC1CCN(C(=O)c2cncc(O)c2)CC1. The van der Waals surface area contributed by atoms with E-state index in [0.29, 0.717) is 31.8 Å². The van der Waals surface area contributed by atoms with E-state index in [1.165, 1.54) is 18.5 Å². The number of rotatable bonds is 5. The van der Waals surface area contributed by atoms with Crippen LogP contribution < -0.4 is 5.73 Å². The molecule has 0 radical (unpaired) electrons. The molecule has 0 unspecified atom stereocenters. The Hall–Kier alpha value is -1.66. The molecule has 1 fully saturated rings. The highest BCUT2D eigenvalue weighted by atomic mass is 16.5. The van der Waals surface area contributed by atoms with E-state index >= 15 is 0 Å². The van der Waals surface area contributed by atoms with Crippen molar-refractivity contribution in [2.45, 2.75) is 25.4 Å². The van der Waals surface area contributed by atoms with Crippen molar-refractivity contribution in [3.8, 4) is 5.75 Å². The molecule has 110 valence electrons. The number of amides is 1. The zero-order chi connectivity index (χ0) is 14.4. The molecule has 0 aliphatic carbocycles. The minimum absolute atomic E-state index is 0.0100. The number of ether oxygens (including phenoxy) is 1. The van der Waals surface area contributed by atoms with Crippen LogP contribution in [0.25, 0.3) is 0 Å². The van der Waals surface area contributed by atoms with E-state index in [2.05, 4.69) is 4.98 Å². The number of hydrogen-bond acceptors (Lipinski definition) is 5. The lowest BCUT2D eigenvalue weighted by molar-refractivity contribution is 0.00842. The summed E-state index contributed by atoms with van der Waals surface area (Å²) in [5.74, 6) is -0.0790. The molecular weight excluding hydrogens is 258 g/mol. The highest BCUT2D eigenvalue weighted by molar-refractivity contribution is 5.94. The monoisotopic (exact) mass is 279 g/mol. The van der Waals surface area contributed by atoms with Crippen molar-refractivity contribution >= 4 is 5.91 Å². The predicted molar refractivity (Wildman–Crippen MR) is 74.5 cm³/mol. The van der Waals surface area contributed by atoms with Crippen molar-refractivity contribution < 1.29 is 14.6 Å². The number of piperidine rings is 1. The minimum Gasteiger partial charge on any atom is -0.506 e. The van der Waals surface area contributed by atoms with Crippen LogP contribution in [0.5, 0.6) is 5.75 Å². The molecule has 2 heterocycles. The molecular formula is C14H21N3O3. The Kier molecular flexibility index (Phi) is 5.31. The van der Waals surface area contributed by atoms with Gasteiger partial charge in [-0.3, -0.25) is 9.78 Å². The summed E-state index contributed by atoms with van der Waals surface area (Å²) in [6.45, 7) is 2.66. The van der Waals surface area contributed by atoms with Crippen molar-refractivity contribution in [2.24, 2.45) is 5.73 Å². The number of nitrogens with two attached hydrogens (primary N) is 1. The molecule has 1 aromatic rings. The molecule has 20 heavy (non-hydrogen) atoms. The van der Waals surface area contributed by atoms with Gasteiger partial charge in [0, 0.05) is 25.9 Å². The zero-order valence-electron chi connectivity index (χ0n) is 11.5. The van der Waals surface area contributed by atoms with Gasteiger partial charge >= 0.3 is 0 Å². The van der Waals surface area contributed by atoms with Gasteiger partial charge in [-0.15, -0.1) is 0 Å². The Morgan fingerprint density at radius 1 is 1.45 bits per heavy atom. The largest absolute Gasteiger partial charge is 0.506 e. The summed E-state index contributed by atoms with van der Waals surface area (Å²) in [6, 6.07) is 1.44. The molecule has 3 N–H and O–H groups in total. The molecule has 1 aliphatic heterocycles. The van der Waals surface area contributed by atoms with Gasteiger partial charge in [0.05, 0.1) is 17.9 Å². The Morgan fingerprint density at radius 2 is 2.20 bits per heavy atom. The average Bonchev–Trinajstić information content (AvgIpc) is 2.47. The van der Waals surface area contributed by atoms with E-state index in [9.17, 15) is 9.90 Å². The van der Waals surface area contributed by atoms with Gasteiger partial charge in [0.25, 0.3) is 5.91 Å². The van der Waals surface area contributed by atoms with Crippen molar-refractivity contribution in [3.05, 3.63) is 24.0 Å². The lowest BCUT2D eigenvalue weighted by atomic mass is 10.1. The van der Waals surface area contributed by atoms with E-state index in [1.807, 2.05) is 0 Å². The van der Waals surface area contributed by atoms with Gasteiger partial charge in [0.1, 0.15) is 5.75 Å². The first-order chi connectivity index (χ1) is 9.70. The molecule has 0 bridgehead atoms. The van der Waals surface area contributed by atoms with Crippen molar-refractivity contribution in [1.29, 1.82) is 0 Å². The number of nitrogens with zero attached hydrogens (tertiary/aromatic N) is 2. The van der Waals surface area contributed by atoms with Crippen LogP contribution in [0.2, 0.25) is 0 Å². The Morgan fingerprint density at radius 3 is 2.85 bits per heavy atom. The number of aromatic nitrogens is 1. The lowest BCUT2D eigenvalue weighted by Gasteiger charge is -2.32. The second-order valence-corrected chi connectivity index (χ2v) is 4.94. The molecule has 2 rings (SSSR count). The van der Waals surface area contributed by atoms with Crippen molar-refractivity contribution in [2.75, 3.05) is 26.2 Å². The fourth-order valence-corrected chi connectivity index (χ4v) is 2.29. The normalized spacial score (nSPS) is 16.4. The molecule has 1 saturated heterocycles. The summed E-state index contributed by atoms with van der Waals surface area (Å²) in [6.07, 6.45) is 5.55. The van der Waals surface area contributed by atoms with E-state index in [-0.39, 0.29) is 17.8 Å². The van der Waals surface area contributed by atoms with Gasteiger partial charge in [-0.2, -0.15) is 0 Å². The van der Waals surface area contributed by atoms with Crippen LogP contribution in [0.4, 0.5) is 0 Å². The first-order valence-corrected chi connectivity index (χ1v) is 6.95. The first kappa shape index (κ1) is 14.7. The first-order valence-electron chi connectivity index (χ1n) is 6.95. The van der Waals surface area contributed by atoms with E-state index in [4.69, 9.17) is 10.5 Å². The predicted octanol–water partition coefficient (Wildman–Crippen LogP) is 0.757. The highest BCUT2D eigenvalue weighted by Gasteiger charge is 2.24. The number of carbonyl (C=O) groups is 1. The molecule has 0 spiro atoms. The van der Waals surface area contributed by atoms with Crippen LogP contribution in [0.3, 0.4) is 0 Å². The standard InChI is InChI=1S/C14H21N3O3/c15-4-1-7-20-13-2-5-17(6-3-13)14(19)11-8-12(18)10-16-9-11/h8-10,13,18H,1-7,15H2. The summed E-state index contributed by atoms with van der Waals surface area (Å²) < 4.78 is 5.71. The third-order valence-electron chi connectivity index (χ3n) is 3.40. The minimum atomic E-state index is -0.0891. The van der Waals surface area contributed by atoms with Gasteiger partial charge < -0.3 is 20.5 Å². The molecule has 6 heteroatoms. The molecule has 0 aromatic carbocycles. The smallest absolute Gasteiger partial charge is 0.255 e. The second kappa shape index (κ2) is 7.21. The van der Waals surface area contributed by atoms with Crippen LogP contribution >= 0.6 is 0 Å². The molecule has 6 nitrogen and oxygen atoms in total. The third-order valence-corrected chi connectivity index (χ3v) is 3.40. The average molecular weight is 279 g/mol. The Balaban J connectivity index is 1.83. The second-order valence-electron chi connectivity index (χ2n) is 4.94. The maximum atomic E-state index is 12.2. The molecule has 1 amide bonds. The van der Waals surface area contributed by atoms with Crippen molar-refractivity contribution in [1.82, 2.24) is 9.88 Å². The summed E-state index contributed by atoms with van der Waals surface area (Å²) in [5, 5.41) is 9.36. The summed E-state index contributed by atoms with van der Waals surface area (Å²) >= 11 is 0. The third kappa shape index (κ3) is 3.91. The molecule has 1 aliphatic rings. The lowest BCUT2D eigenvalue weighted by Crippen LogP contribution is -2.41. The Bertz CT molecular complexity index is 445. The maximum absolute atomic E-state index is 12.2. The fourth-order valence-electron chi connectivity index (χ4n) is 2.29. The molecule has 0 atom stereocenters. The Labute approximate surface area is 118 Å². The number of hydrogen-bond donors (Lipinski definition) is 2. The van der Waals surface area contributed by atoms with Gasteiger partial charge in [0.15, 0.2) is 0 Å². The number of pyridine rings is 1. The highest BCUT2D eigenvalue weighted by Crippen LogP contribution is 2.17. The van der Waals surface area contributed by atoms with Gasteiger partial charge in [-0.25, -0.2) is 0 Å². The zero-order valence-corrected chi connectivity index (χ0v) is 11.5. The van der Waals surface area contributed by atoms with Crippen LogP contribution in [0.1, 0.15) is 29.6 Å². The van der Waals surface area contributed by atoms with Crippen LogP contribution in [-0.2, 0) is 4.74 Å². The van der Waals surface area contributed by atoms with E-state index in [1.54, 1.807) is 4.90 Å². The van der Waals surface area contributed by atoms with Gasteiger partial charge in [0.2, 0.25) is 0 Å². The quantitative estimate of drug-likeness (QED) is 0.777. The van der Waals surface area contributed by atoms with Crippen LogP contribution in [0.15, 0.2) is 18.5 Å². The van der Waals surface area contributed by atoms with Crippen LogP contribution in [-0.4, -0.2) is 53.2 Å². The van der Waals surface area contributed by atoms with E-state index in [0.717, 1.165) is 19.3 Å². The molecule has 0 saturated carbocycles. The summed E-state index contributed by atoms with van der Waals surface area (Å²) in [5.41, 5.74) is 5.85. The fraction of sp³-hybridized carbons (Fsp3) is 0.571. The number of aromatic hydroxyl groups is 1. The number of likely N-dealkylation sites (tertiary alicyclic amines) is 1. The van der Waals surface area contributed by atoms with Crippen molar-refractivity contribution in [3.63, 3.8) is 0 Å². The molecule has 1 aromatic heterocycles.